The van der Waals surface area contributed by atoms with Crippen molar-refractivity contribution in [3.8, 4) is 17.2 Å². The highest BCUT2D eigenvalue weighted by Crippen LogP contribution is 2.38. The van der Waals surface area contributed by atoms with E-state index < -0.39 is 10.0 Å². The molecule has 186 valence electrons. The van der Waals surface area contributed by atoms with Crippen molar-refractivity contribution in [2.45, 2.75) is 45.1 Å². The standard InChI is InChI=1S/C25H34N2O6S/c1-16-11-17(2)24(18(3)12-16)34(29,30)27-9-7-20(8-10-27)25(28)26-15-19-13-21(31-4)23(33-6)22(14-19)32-5/h11-14,20H,7-10,15H2,1-6H3,(H,26,28). The van der Waals surface area contributed by atoms with Gasteiger partial charge in [-0.05, 0) is 62.4 Å². The van der Waals surface area contributed by atoms with Crippen LogP contribution >= 0.6 is 0 Å². The van der Waals surface area contributed by atoms with E-state index in [-0.39, 0.29) is 11.8 Å². The average Bonchev–Trinajstić information content (AvgIpc) is 2.80. The molecule has 0 spiro atoms. The highest BCUT2D eigenvalue weighted by Gasteiger charge is 2.33. The van der Waals surface area contributed by atoms with E-state index in [0.29, 0.717) is 54.6 Å². The molecule has 0 saturated carbocycles. The number of carbonyl (C=O) groups is 1. The first-order valence-electron chi connectivity index (χ1n) is 11.3. The number of rotatable bonds is 8. The van der Waals surface area contributed by atoms with Gasteiger partial charge >= 0.3 is 0 Å². The highest BCUT2D eigenvalue weighted by molar-refractivity contribution is 7.89. The number of piperidine rings is 1. The van der Waals surface area contributed by atoms with Crippen LogP contribution in [0.1, 0.15) is 35.1 Å². The molecule has 1 aliphatic rings. The van der Waals surface area contributed by atoms with Crippen molar-refractivity contribution >= 4 is 15.9 Å². The van der Waals surface area contributed by atoms with E-state index in [1.165, 1.54) is 11.4 Å². The molecule has 0 aromatic heterocycles. The molecule has 34 heavy (non-hydrogen) atoms. The zero-order chi connectivity index (χ0) is 25.0. The second-order valence-corrected chi connectivity index (χ2v) is 10.5. The Hall–Kier alpha value is -2.78. The molecule has 1 aliphatic heterocycles. The fourth-order valence-corrected chi connectivity index (χ4v) is 6.51. The second kappa shape index (κ2) is 10.7. The molecule has 0 unspecified atom stereocenters. The van der Waals surface area contributed by atoms with Gasteiger partial charge < -0.3 is 19.5 Å². The van der Waals surface area contributed by atoms with E-state index in [9.17, 15) is 13.2 Å². The number of nitrogens with one attached hydrogen (secondary N) is 1. The Morgan fingerprint density at radius 2 is 1.47 bits per heavy atom. The zero-order valence-corrected chi connectivity index (χ0v) is 21.5. The number of hydrogen-bond donors (Lipinski definition) is 1. The fourth-order valence-electron chi connectivity index (χ4n) is 4.63. The van der Waals surface area contributed by atoms with Gasteiger partial charge in [-0.25, -0.2) is 8.42 Å². The Morgan fingerprint density at radius 1 is 0.941 bits per heavy atom. The van der Waals surface area contributed by atoms with Crippen LogP contribution in [0.25, 0.3) is 0 Å². The lowest BCUT2D eigenvalue weighted by Crippen LogP contribution is -2.43. The number of ether oxygens (including phenoxy) is 3. The Labute approximate surface area is 202 Å². The van der Waals surface area contributed by atoms with E-state index in [1.54, 1.807) is 26.4 Å². The second-order valence-electron chi connectivity index (χ2n) is 8.66. The third-order valence-corrected chi connectivity index (χ3v) is 8.42. The Kier molecular flexibility index (Phi) is 8.09. The summed E-state index contributed by atoms with van der Waals surface area (Å²) in [6.07, 6.45) is 0.953. The van der Waals surface area contributed by atoms with Gasteiger partial charge in [0.15, 0.2) is 11.5 Å². The van der Waals surface area contributed by atoms with Gasteiger partial charge in [0.2, 0.25) is 21.7 Å². The SMILES string of the molecule is COc1cc(CNC(=O)C2CCN(S(=O)(=O)c3c(C)cc(C)cc3C)CC2)cc(OC)c1OC. The average molecular weight is 491 g/mol. The van der Waals surface area contributed by atoms with Gasteiger partial charge in [-0.2, -0.15) is 4.31 Å². The first-order chi connectivity index (χ1) is 16.1. The summed E-state index contributed by atoms with van der Waals surface area (Å²) in [5.41, 5.74) is 3.36. The molecule has 8 nitrogen and oxygen atoms in total. The van der Waals surface area contributed by atoms with E-state index >= 15 is 0 Å². The number of methoxy groups -OCH3 is 3. The zero-order valence-electron chi connectivity index (χ0n) is 20.7. The normalized spacial score (nSPS) is 15.1. The molecule has 1 amide bonds. The van der Waals surface area contributed by atoms with Crippen LogP contribution in [0, 0.1) is 26.7 Å². The third-order valence-electron chi connectivity index (χ3n) is 6.22. The number of sulfonamides is 1. The minimum Gasteiger partial charge on any atom is -0.493 e. The molecule has 0 atom stereocenters. The Morgan fingerprint density at radius 3 is 1.94 bits per heavy atom. The van der Waals surface area contributed by atoms with Gasteiger partial charge in [0.25, 0.3) is 0 Å². The van der Waals surface area contributed by atoms with Crippen LogP contribution in [0.15, 0.2) is 29.2 Å². The number of hydrogen-bond acceptors (Lipinski definition) is 6. The van der Waals surface area contributed by atoms with Crippen molar-refractivity contribution in [3.05, 3.63) is 46.5 Å². The van der Waals surface area contributed by atoms with Crippen molar-refractivity contribution in [1.82, 2.24) is 9.62 Å². The molecule has 2 aromatic rings. The lowest BCUT2D eigenvalue weighted by atomic mass is 9.97. The van der Waals surface area contributed by atoms with E-state index in [0.717, 1.165) is 22.3 Å². The van der Waals surface area contributed by atoms with Gasteiger partial charge in [-0.15, -0.1) is 0 Å². The van der Waals surface area contributed by atoms with Gasteiger partial charge in [-0.3, -0.25) is 4.79 Å². The lowest BCUT2D eigenvalue weighted by molar-refractivity contribution is -0.126. The number of amides is 1. The van der Waals surface area contributed by atoms with Crippen LogP contribution in [0.2, 0.25) is 0 Å². The molecule has 0 radical (unpaired) electrons. The highest BCUT2D eigenvalue weighted by atomic mass is 32.2. The topological polar surface area (TPSA) is 94.2 Å². The van der Waals surface area contributed by atoms with Crippen LogP contribution in [-0.4, -0.2) is 53.0 Å². The summed E-state index contributed by atoms with van der Waals surface area (Å²) in [6, 6.07) is 7.37. The van der Waals surface area contributed by atoms with Crippen molar-refractivity contribution < 1.29 is 27.4 Å². The molecule has 1 saturated heterocycles. The molecule has 0 bridgehead atoms. The largest absolute Gasteiger partial charge is 0.493 e. The molecular weight excluding hydrogens is 456 g/mol. The van der Waals surface area contributed by atoms with Crippen LogP contribution in [0.3, 0.4) is 0 Å². The van der Waals surface area contributed by atoms with Crippen LogP contribution in [0.4, 0.5) is 0 Å². The molecule has 1 heterocycles. The minimum atomic E-state index is -3.60. The first kappa shape index (κ1) is 25.8. The van der Waals surface area contributed by atoms with Crippen molar-refractivity contribution in [1.29, 1.82) is 0 Å². The summed E-state index contributed by atoms with van der Waals surface area (Å²) in [5.74, 6) is 1.20. The minimum absolute atomic E-state index is 0.0894. The van der Waals surface area contributed by atoms with Gasteiger partial charge in [0.05, 0.1) is 26.2 Å². The van der Waals surface area contributed by atoms with E-state index in [2.05, 4.69) is 5.32 Å². The van der Waals surface area contributed by atoms with Crippen LogP contribution in [0.5, 0.6) is 17.2 Å². The fraction of sp³-hybridized carbons (Fsp3) is 0.480. The quantitative estimate of drug-likeness (QED) is 0.610. The van der Waals surface area contributed by atoms with Gasteiger partial charge in [0.1, 0.15) is 0 Å². The predicted molar refractivity (Wildman–Crippen MR) is 130 cm³/mol. The number of carbonyl (C=O) groups excluding carboxylic acids is 1. The van der Waals surface area contributed by atoms with Gasteiger partial charge in [-0.1, -0.05) is 17.7 Å². The van der Waals surface area contributed by atoms with E-state index in [1.807, 2.05) is 32.9 Å². The van der Waals surface area contributed by atoms with Crippen molar-refractivity contribution in [2.24, 2.45) is 5.92 Å². The van der Waals surface area contributed by atoms with Crippen LogP contribution in [-0.2, 0) is 21.4 Å². The third kappa shape index (κ3) is 5.31. The monoisotopic (exact) mass is 490 g/mol. The molecule has 2 aromatic carbocycles. The molecule has 1 fully saturated rings. The summed E-state index contributed by atoms with van der Waals surface area (Å²) < 4.78 is 44.1. The first-order valence-corrected chi connectivity index (χ1v) is 12.7. The maximum Gasteiger partial charge on any atom is 0.243 e. The molecule has 3 rings (SSSR count). The Balaban J connectivity index is 1.63. The molecular formula is C25H34N2O6S. The molecule has 9 heteroatoms. The van der Waals surface area contributed by atoms with Gasteiger partial charge in [0, 0.05) is 25.6 Å². The number of benzene rings is 2. The Bertz CT molecular complexity index is 1110. The maximum absolute atomic E-state index is 13.3. The predicted octanol–water partition coefficient (Wildman–Crippen LogP) is 3.35. The summed E-state index contributed by atoms with van der Waals surface area (Å²) >= 11 is 0. The number of nitrogens with zero attached hydrogens (tertiary/aromatic N) is 1. The summed E-state index contributed by atoms with van der Waals surface area (Å²) in [6.45, 7) is 6.55. The van der Waals surface area contributed by atoms with Crippen molar-refractivity contribution in [2.75, 3.05) is 34.4 Å². The summed E-state index contributed by atoms with van der Waals surface area (Å²) in [5, 5.41) is 2.96. The van der Waals surface area contributed by atoms with Crippen molar-refractivity contribution in [3.63, 3.8) is 0 Å². The number of aryl methyl sites for hydroxylation is 3. The smallest absolute Gasteiger partial charge is 0.243 e. The maximum atomic E-state index is 13.3. The van der Waals surface area contributed by atoms with Crippen LogP contribution < -0.4 is 19.5 Å². The lowest BCUT2D eigenvalue weighted by Gasteiger charge is -2.31. The van der Waals surface area contributed by atoms with E-state index in [4.69, 9.17) is 14.2 Å². The summed E-state index contributed by atoms with van der Waals surface area (Å²) in [7, 11) is 1.02. The summed E-state index contributed by atoms with van der Waals surface area (Å²) in [4.78, 5) is 13.2. The molecule has 0 aliphatic carbocycles. The molecule has 1 N–H and O–H groups in total.